The van der Waals surface area contributed by atoms with Crippen LogP contribution in [0.15, 0.2) is 0 Å². The van der Waals surface area contributed by atoms with Gasteiger partial charge in [0.05, 0.1) is 0 Å². The van der Waals surface area contributed by atoms with E-state index in [1.807, 2.05) is 0 Å². The molecule has 0 aliphatic heterocycles. The Hall–Kier alpha value is -0.380. The first-order valence-corrected chi connectivity index (χ1v) is 4.04. The molecule has 4 heteroatoms. The number of halogens is 1. The molecule has 10 heavy (non-hydrogen) atoms. The topological polar surface area (TPSA) is 54.4 Å². The van der Waals surface area contributed by atoms with Crippen LogP contribution in [0, 0.1) is 5.92 Å². The fourth-order valence-corrected chi connectivity index (χ4v) is 1.08. The molecule has 0 saturated carbocycles. The van der Waals surface area contributed by atoms with Crippen LogP contribution < -0.4 is 0 Å². The van der Waals surface area contributed by atoms with Crippen molar-refractivity contribution in [2.45, 2.75) is 12.8 Å². The van der Waals surface area contributed by atoms with Crippen molar-refractivity contribution >= 4 is 28.2 Å². The minimum atomic E-state index is -0.855. The van der Waals surface area contributed by atoms with Gasteiger partial charge in [0.2, 0.25) is 0 Å². The maximum absolute atomic E-state index is 10.1. The number of hydrogen-bond acceptors (Lipinski definition) is 2. The molecule has 3 nitrogen and oxygen atoms in total. The van der Waals surface area contributed by atoms with E-state index in [1.54, 1.807) is 0 Å². The second-order valence-corrected chi connectivity index (χ2v) is 2.67. The fourth-order valence-electron chi connectivity index (χ4n) is 0.584. The maximum atomic E-state index is 10.1. The third-order valence-electron chi connectivity index (χ3n) is 1.11. The lowest BCUT2D eigenvalue weighted by Gasteiger charge is -2.04. The molecule has 1 unspecified atom stereocenters. The number of alkyl halides is 1. The van der Waals surface area contributed by atoms with Gasteiger partial charge in [-0.15, -0.1) is 0 Å². The Morgan fingerprint density at radius 2 is 2.30 bits per heavy atom. The monoisotopic (exact) mass is 208 g/mol. The van der Waals surface area contributed by atoms with Crippen molar-refractivity contribution in [1.82, 2.24) is 0 Å². The molecule has 0 amide bonds. The summed E-state index contributed by atoms with van der Waals surface area (Å²) >= 11 is 3.12. The van der Waals surface area contributed by atoms with E-state index in [2.05, 4.69) is 15.9 Å². The van der Waals surface area contributed by atoms with Gasteiger partial charge in [-0.25, -0.2) is 0 Å². The number of carboxylic acid groups (broad SMARTS) is 1. The summed E-state index contributed by atoms with van der Waals surface area (Å²) in [7, 11) is 0. The van der Waals surface area contributed by atoms with Gasteiger partial charge < -0.3 is 9.90 Å². The van der Waals surface area contributed by atoms with E-state index in [0.29, 0.717) is 11.8 Å². The third kappa shape index (κ3) is 4.49. The first-order chi connectivity index (χ1) is 4.70. The summed E-state index contributed by atoms with van der Waals surface area (Å²) in [5, 5.41) is 8.87. The van der Waals surface area contributed by atoms with Crippen molar-refractivity contribution in [3.8, 4) is 0 Å². The second kappa shape index (κ2) is 5.41. The number of carbonyl (C=O) groups excluding carboxylic acids is 1. The SMILES string of the molecule is O=CCC(CBr)CC(=O)O. The third-order valence-corrected chi connectivity index (χ3v) is 2.03. The molecule has 0 spiro atoms. The molecule has 1 atom stereocenters. The Bertz CT molecular complexity index is 124. The molecule has 0 fully saturated rings. The fraction of sp³-hybridized carbons (Fsp3) is 0.667. The van der Waals surface area contributed by atoms with E-state index < -0.39 is 5.97 Å². The predicted octanol–water partition coefficient (Wildman–Crippen LogP) is 1.06. The number of carboxylic acids is 1. The van der Waals surface area contributed by atoms with E-state index in [-0.39, 0.29) is 12.3 Å². The Morgan fingerprint density at radius 1 is 1.70 bits per heavy atom. The van der Waals surface area contributed by atoms with E-state index in [1.165, 1.54) is 0 Å². The highest BCUT2D eigenvalue weighted by atomic mass is 79.9. The summed E-state index contributed by atoms with van der Waals surface area (Å²) in [6.45, 7) is 0. The van der Waals surface area contributed by atoms with Gasteiger partial charge in [0.1, 0.15) is 6.29 Å². The van der Waals surface area contributed by atoms with Crippen LogP contribution in [0.3, 0.4) is 0 Å². The summed E-state index contributed by atoms with van der Waals surface area (Å²) in [6, 6.07) is 0. The summed E-state index contributed by atoms with van der Waals surface area (Å²) in [6.07, 6.45) is 1.12. The van der Waals surface area contributed by atoms with Crippen LogP contribution in [0.5, 0.6) is 0 Å². The summed E-state index contributed by atoms with van der Waals surface area (Å²) < 4.78 is 0. The van der Waals surface area contributed by atoms with Crippen LogP contribution in [-0.2, 0) is 9.59 Å². The van der Waals surface area contributed by atoms with Crippen molar-refractivity contribution in [1.29, 1.82) is 0 Å². The van der Waals surface area contributed by atoms with Crippen molar-refractivity contribution in [3.05, 3.63) is 0 Å². The molecule has 0 heterocycles. The van der Waals surface area contributed by atoms with Gasteiger partial charge in [0.15, 0.2) is 0 Å². The molecular weight excluding hydrogens is 200 g/mol. The molecule has 0 rings (SSSR count). The first-order valence-electron chi connectivity index (χ1n) is 2.92. The van der Waals surface area contributed by atoms with E-state index >= 15 is 0 Å². The largest absolute Gasteiger partial charge is 0.481 e. The lowest BCUT2D eigenvalue weighted by molar-refractivity contribution is -0.137. The molecule has 1 N–H and O–H groups in total. The number of rotatable bonds is 5. The van der Waals surface area contributed by atoms with Crippen LogP contribution in [0.2, 0.25) is 0 Å². The van der Waals surface area contributed by atoms with Gasteiger partial charge in [-0.2, -0.15) is 0 Å². The van der Waals surface area contributed by atoms with E-state index in [9.17, 15) is 9.59 Å². The molecule has 0 bridgehead atoms. The zero-order chi connectivity index (χ0) is 7.98. The smallest absolute Gasteiger partial charge is 0.303 e. The highest BCUT2D eigenvalue weighted by Gasteiger charge is 2.10. The zero-order valence-corrected chi connectivity index (χ0v) is 7.00. The van der Waals surface area contributed by atoms with Gasteiger partial charge >= 0.3 is 5.97 Å². The van der Waals surface area contributed by atoms with Crippen molar-refractivity contribution < 1.29 is 14.7 Å². The summed E-state index contributed by atoms with van der Waals surface area (Å²) in [5.41, 5.74) is 0. The van der Waals surface area contributed by atoms with Crippen LogP contribution >= 0.6 is 15.9 Å². The standard InChI is InChI=1S/C6H9BrO3/c7-4-5(1-2-8)3-6(9)10/h2,5H,1,3-4H2,(H,9,10). The molecule has 0 aliphatic carbocycles. The minimum absolute atomic E-state index is 0.0595. The normalized spacial score (nSPS) is 12.5. The summed E-state index contributed by atoms with van der Waals surface area (Å²) in [5.74, 6) is -0.915. The summed E-state index contributed by atoms with van der Waals surface area (Å²) in [4.78, 5) is 20.0. The van der Waals surface area contributed by atoms with E-state index in [4.69, 9.17) is 5.11 Å². The van der Waals surface area contributed by atoms with Gasteiger partial charge in [-0.3, -0.25) is 4.79 Å². The number of hydrogen-bond donors (Lipinski definition) is 1. The molecule has 0 aliphatic rings. The lowest BCUT2D eigenvalue weighted by atomic mass is 10.1. The Labute approximate surface area is 67.5 Å². The van der Waals surface area contributed by atoms with Gasteiger partial charge in [-0.1, -0.05) is 15.9 Å². The number of carbonyl (C=O) groups is 2. The first kappa shape index (κ1) is 9.62. The Morgan fingerprint density at radius 3 is 2.60 bits per heavy atom. The Kier molecular flexibility index (Phi) is 5.20. The lowest BCUT2D eigenvalue weighted by Crippen LogP contribution is -2.09. The molecule has 0 radical (unpaired) electrons. The molecule has 0 aromatic heterocycles. The number of aliphatic carboxylic acids is 1. The van der Waals surface area contributed by atoms with Crippen LogP contribution in [0.4, 0.5) is 0 Å². The van der Waals surface area contributed by atoms with Crippen LogP contribution in [-0.4, -0.2) is 22.7 Å². The van der Waals surface area contributed by atoms with Crippen LogP contribution in [0.25, 0.3) is 0 Å². The quantitative estimate of drug-likeness (QED) is 0.544. The Balaban J connectivity index is 3.59. The highest BCUT2D eigenvalue weighted by Crippen LogP contribution is 2.09. The molecule has 58 valence electrons. The minimum Gasteiger partial charge on any atom is -0.481 e. The molecule has 0 aromatic carbocycles. The average molecular weight is 209 g/mol. The average Bonchev–Trinajstić information content (AvgIpc) is 1.86. The maximum Gasteiger partial charge on any atom is 0.303 e. The van der Waals surface area contributed by atoms with Crippen molar-refractivity contribution in [3.63, 3.8) is 0 Å². The molecule has 0 saturated heterocycles. The molecular formula is C6H9BrO3. The van der Waals surface area contributed by atoms with Gasteiger partial charge in [0, 0.05) is 18.2 Å². The van der Waals surface area contributed by atoms with Crippen molar-refractivity contribution in [2.75, 3.05) is 5.33 Å². The van der Waals surface area contributed by atoms with E-state index in [0.717, 1.165) is 6.29 Å². The van der Waals surface area contributed by atoms with Gasteiger partial charge in [0.25, 0.3) is 0 Å². The van der Waals surface area contributed by atoms with Gasteiger partial charge in [-0.05, 0) is 5.92 Å². The van der Waals surface area contributed by atoms with Crippen LogP contribution in [0.1, 0.15) is 12.8 Å². The van der Waals surface area contributed by atoms with Crippen molar-refractivity contribution in [2.24, 2.45) is 5.92 Å². The number of aldehydes is 1. The predicted molar refractivity (Wildman–Crippen MR) is 40.2 cm³/mol. The molecule has 0 aromatic rings. The highest BCUT2D eigenvalue weighted by molar-refractivity contribution is 9.09. The zero-order valence-electron chi connectivity index (χ0n) is 5.42. The second-order valence-electron chi connectivity index (χ2n) is 2.02.